The van der Waals surface area contributed by atoms with E-state index in [4.69, 9.17) is 0 Å². The lowest BCUT2D eigenvalue weighted by Gasteiger charge is -2.09. The number of aromatic nitrogens is 1. The molecule has 2 aromatic carbocycles. The van der Waals surface area contributed by atoms with Crippen LogP contribution in [0.1, 0.15) is 11.3 Å². The van der Waals surface area contributed by atoms with Crippen molar-refractivity contribution in [3.8, 4) is 0 Å². The first-order chi connectivity index (χ1) is 13.2. The van der Waals surface area contributed by atoms with Crippen LogP contribution in [0, 0.1) is 5.82 Å². The molecule has 1 aliphatic heterocycles. The number of rotatable bonds is 5. The Morgan fingerprint density at radius 3 is 2.74 bits per heavy atom. The molecular weight excluding hydrogens is 343 g/mol. The molecule has 5 nitrogen and oxygen atoms in total. The maximum absolute atomic E-state index is 14.3. The van der Waals surface area contributed by atoms with Gasteiger partial charge in [-0.15, -0.1) is 0 Å². The number of carbonyl (C=O) groups excluding carboxylic acids is 1. The van der Waals surface area contributed by atoms with Gasteiger partial charge in [-0.25, -0.2) is 4.39 Å². The molecule has 27 heavy (non-hydrogen) atoms. The molecule has 3 aromatic rings. The van der Waals surface area contributed by atoms with Crippen LogP contribution in [0.4, 0.5) is 21.5 Å². The fraction of sp³-hybridized carbons (Fsp3) is 0.0476. The Morgan fingerprint density at radius 2 is 1.93 bits per heavy atom. The molecule has 0 aliphatic carbocycles. The van der Waals surface area contributed by atoms with Crippen molar-refractivity contribution in [2.24, 2.45) is 0 Å². The Bertz CT molecular complexity index is 1020. The first-order valence-corrected chi connectivity index (χ1v) is 8.51. The maximum atomic E-state index is 14.3. The minimum atomic E-state index is -0.384. The molecule has 0 saturated heterocycles. The monoisotopic (exact) mass is 360 g/mol. The normalized spacial score (nSPS) is 14.0. The van der Waals surface area contributed by atoms with Gasteiger partial charge in [0.1, 0.15) is 5.82 Å². The lowest BCUT2D eigenvalue weighted by atomic mass is 10.1. The topological polar surface area (TPSA) is 66.1 Å². The molecule has 134 valence electrons. The molecule has 0 unspecified atom stereocenters. The van der Waals surface area contributed by atoms with Crippen LogP contribution in [0.25, 0.3) is 5.57 Å². The predicted molar refractivity (Wildman–Crippen MR) is 105 cm³/mol. The number of pyridine rings is 1. The highest BCUT2D eigenvalue weighted by Gasteiger charge is 2.23. The molecule has 4 rings (SSSR count). The summed E-state index contributed by atoms with van der Waals surface area (Å²) in [5.41, 5.74) is 3.89. The average molecular weight is 360 g/mol. The Kier molecular flexibility index (Phi) is 4.53. The summed E-state index contributed by atoms with van der Waals surface area (Å²) in [7, 11) is 0. The third-order valence-electron chi connectivity index (χ3n) is 4.25. The number of nitrogens with one attached hydrogen (secondary N) is 3. The molecule has 6 heteroatoms. The fourth-order valence-corrected chi connectivity index (χ4v) is 2.87. The van der Waals surface area contributed by atoms with Crippen molar-refractivity contribution in [2.75, 3.05) is 16.0 Å². The lowest BCUT2D eigenvalue weighted by molar-refractivity contribution is -0.110. The van der Waals surface area contributed by atoms with Crippen molar-refractivity contribution in [1.29, 1.82) is 0 Å². The van der Waals surface area contributed by atoms with Crippen LogP contribution in [-0.4, -0.2) is 10.9 Å². The van der Waals surface area contributed by atoms with Gasteiger partial charge in [0, 0.05) is 29.3 Å². The number of amides is 1. The number of para-hydroxylation sites is 1. The number of hydrogen-bond acceptors (Lipinski definition) is 4. The molecule has 0 saturated carbocycles. The van der Waals surface area contributed by atoms with E-state index in [1.165, 1.54) is 6.07 Å². The van der Waals surface area contributed by atoms with E-state index in [0.717, 1.165) is 16.9 Å². The fourth-order valence-electron chi connectivity index (χ4n) is 2.87. The molecular formula is C21H17FN4O. The molecule has 1 aliphatic rings. The van der Waals surface area contributed by atoms with Crippen LogP contribution in [0.15, 0.2) is 73.1 Å². The number of fused-ring (bicyclic) bond motifs is 1. The van der Waals surface area contributed by atoms with Crippen molar-refractivity contribution in [2.45, 2.75) is 6.54 Å². The molecule has 2 heterocycles. The van der Waals surface area contributed by atoms with E-state index in [0.29, 0.717) is 23.5 Å². The zero-order valence-electron chi connectivity index (χ0n) is 14.4. The lowest BCUT2D eigenvalue weighted by Crippen LogP contribution is -2.05. The maximum Gasteiger partial charge on any atom is 0.257 e. The Balaban J connectivity index is 1.46. The van der Waals surface area contributed by atoms with Gasteiger partial charge >= 0.3 is 0 Å². The van der Waals surface area contributed by atoms with Crippen molar-refractivity contribution in [3.63, 3.8) is 0 Å². The largest absolute Gasteiger partial charge is 0.377 e. The summed E-state index contributed by atoms with van der Waals surface area (Å²) in [6, 6.07) is 17.8. The van der Waals surface area contributed by atoms with E-state index in [-0.39, 0.29) is 11.7 Å². The second kappa shape index (κ2) is 7.29. The first kappa shape index (κ1) is 16.8. The molecule has 0 radical (unpaired) electrons. The quantitative estimate of drug-likeness (QED) is 0.596. The van der Waals surface area contributed by atoms with Crippen molar-refractivity contribution >= 4 is 28.5 Å². The van der Waals surface area contributed by atoms with E-state index in [9.17, 15) is 9.18 Å². The van der Waals surface area contributed by atoms with Crippen LogP contribution in [0.5, 0.6) is 0 Å². The van der Waals surface area contributed by atoms with Gasteiger partial charge in [0.25, 0.3) is 5.91 Å². The molecule has 0 atom stereocenters. The molecule has 3 N–H and O–H groups in total. The summed E-state index contributed by atoms with van der Waals surface area (Å²) in [4.78, 5) is 16.3. The van der Waals surface area contributed by atoms with Gasteiger partial charge in [0.15, 0.2) is 0 Å². The number of halogens is 1. The second-order valence-electron chi connectivity index (χ2n) is 6.07. The summed E-state index contributed by atoms with van der Waals surface area (Å²) < 4.78 is 14.3. The van der Waals surface area contributed by atoms with E-state index >= 15 is 0 Å². The van der Waals surface area contributed by atoms with Gasteiger partial charge in [-0.2, -0.15) is 0 Å². The smallest absolute Gasteiger partial charge is 0.257 e. The van der Waals surface area contributed by atoms with Gasteiger partial charge in [-0.1, -0.05) is 24.3 Å². The summed E-state index contributed by atoms with van der Waals surface area (Å²) >= 11 is 0. The first-order valence-electron chi connectivity index (χ1n) is 8.51. The van der Waals surface area contributed by atoms with Crippen molar-refractivity contribution in [3.05, 3.63) is 90.1 Å². The van der Waals surface area contributed by atoms with Gasteiger partial charge in [0.05, 0.1) is 23.5 Å². The minimum absolute atomic E-state index is 0.183. The van der Waals surface area contributed by atoms with Gasteiger partial charge in [-0.05, 0) is 36.4 Å². The van der Waals surface area contributed by atoms with E-state index in [1.54, 1.807) is 24.5 Å². The van der Waals surface area contributed by atoms with Crippen LogP contribution in [0.2, 0.25) is 0 Å². The summed E-state index contributed by atoms with van der Waals surface area (Å²) in [5, 5.41) is 8.82. The molecule has 0 fully saturated rings. The third kappa shape index (κ3) is 3.64. The second-order valence-corrected chi connectivity index (χ2v) is 6.07. The highest BCUT2D eigenvalue weighted by Crippen LogP contribution is 2.31. The third-order valence-corrected chi connectivity index (χ3v) is 4.25. The van der Waals surface area contributed by atoms with Crippen molar-refractivity contribution < 1.29 is 9.18 Å². The van der Waals surface area contributed by atoms with E-state index < -0.39 is 0 Å². The highest BCUT2D eigenvalue weighted by molar-refractivity contribution is 6.31. The summed E-state index contributed by atoms with van der Waals surface area (Å²) in [6.07, 6.45) is 3.29. The van der Waals surface area contributed by atoms with Crippen molar-refractivity contribution in [1.82, 2.24) is 4.98 Å². The van der Waals surface area contributed by atoms with E-state index in [1.807, 2.05) is 42.5 Å². The van der Waals surface area contributed by atoms with Crippen LogP contribution in [-0.2, 0) is 11.3 Å². The number of anilines is 3. The molecule has 0 spiro atoms. The Labute approximate surface area is 156 Å². The number of hydrogen-bond donors (Lipinski definition) is 3. The highest BCUT2D eigenvalue weighted by atomic mass is 19.1. The molecule has 1 aromatic heterocycles. The molecule has 0 bridgehead atoms. The van der Waals surface area contributed by atoms with Gasteiger partial charge in [-0.3, -0.25) is 9.78 Å². The summed E-state index contributed by atoms with van der Waals surface area (Å²) in [6.45, 7) is 0.436. The minimum Gasteiger partial charge on any atom is -0.377 e. The Morgan fingerprint density at radius 1 is 1.07 bits per heavy atom. The zero-order valence-corrected chi connectivity index (χ0v) is 14.4. The van der Waals surface area contributed by atoms with E-state index in [2.05, 4.69) is 20.9 Å². The van der Waals surface area contributed by atoms with Crippen LogP contribution >= 0.6 is 0 Å². The zero-order chi connectivity index (χ0) is 18.6. The Hall–Kier alpha value is -3.67. The average Bonchev–Trinajstić information content (AvgIpc) is 3.01. The number of carbonyl (C=O) groups is 1. The standard InChI is InChI=1S/C21H17FN4O/c22-18-11-14(8-9-20(18)25-12-15-5-3-4-10-23-15)24-13-17-16-6-1-2-7-19(16)26-21(17)27/h1-11,13,24-25H,12H2,(H,26,27). The van der Waals surface area contributed by atoms with Crippen LogP contribution in [0.3, 0.4) is 0 Å². The number of nitrogens with zero attached hydrogens (tertiary/aromatic N) is 1. The SMILES string of the molecule is O=C1Nc2ccccc2C1=CNc1ccc(NCc2ccccn2)c(F)c1. The van der Waals surface area contributed by atoms with Crippen LogP contribution < -0.4 is 16.0 Å². The predicted octanol–water partition coefficient (Wildman–Crippen LogP) is 4.24. The van der Waals surface area contributed by atoms with Gasteiger partial charge in [0.2, 0.25) is 0 Å². The molecule has 1 amide bonds. The number of benzene rings is 2. The van der Waals surface area contributed by atoms with Gasteiger partial charge < -0.3 is 16.0 Å². The summed E-state index contributed by atoms with van der Waals surface area (Å²) in [5.74, 6) is -0.566.